The average molecular weight is 1270 g/mol. The molecule has 3 aromatic carbocycles. The number of phenolic OH excluding ortho intramolecular Hbond substituents is 1. The van der Waals surface area contributed by atoms with Crippen molar-refractivity contribution in [3.8, 4) is 5.75 Å². The van der Waals surface area contributed by atoms with Crippen LogP contribution in [0.1, 0.15) is 68.6 Å². The third kappa shape index (κ3) is 22.6. The number of primary amides is 2. The van der Waals surface area contributed by atoms with E-state index in [1.54, 1.807) is 67.0 Å². The van der Waals surface area contributed by atoms with Crippen molar-refractivity contribution in [2.24, 2.45) is 11.5 Å². The third-order valence-corrected chi connectivity index (χ3v) is 14.7. The quantitative estimate of drug-likeness (QED) is 0.0206. The first kappa shape index (κ1) is 70.7. The number of amides is 12. The van der Waals surface area contributed by atoms with Crippen LogP contribution in [0.4, 0.5) is 0 Å². The number of hydrogen-bond acceptors (Lipinski definition) is 17. The largest absolute Gasteiger partial charge is 0.508 e. The number of para-hydroxylation sites is 1. The van der Waals surface area contributed by atoms with E-state index in [1.165, 1.54) is 36.0 Å². The van der Waals surface area contributed by atoms with E-state index in [2.05, 4.69) is 58.2 Å². The number of H-pyrrole nitrogens is 1. The number of aromatic amines is 1. The second-order valence-electron chi connectivity index (χ2n) is 21.1. The molecule has 484 valence electrons. The first-order chi connectivity index (χ1) is 42.7. The Morgan fingerprint density at radius 2 is 1.11 bits per heavy atom. The van der Waals surface area contributed by atoms with Gasteiger partial charge in [-0.1, -0.05) is 60.7 Å². The zero-order chi connectivity index (χ0) is 66.2. The molecule has 12 amide bonds. The highest BCUT2D eigenvalue weighted by molar-refractivity contribution is 7.98. The summed E-state index contributed by atoms with van der Waals surface area (Å²) in [5, 5.41) is 64.8. The highest BCUT2D eigenvalue weighted by atomic mass is 32.2. The van der Waals surface area contributed by atoms with Crippen LogP contribution in [-0.2, 0) is 86.4 Å². The Balaban J connectivity index is 1.33. The maximum absolute atomic E-state index is 14.4. The van der Waals surface area contributed by atoms with E-state index in [0.717, 1.165) is 6.92 Å². The SMILES string of the molecule is CSCC[C@H](NC(=O)[C@H](Cc1c[nH]c2ccccc12)NC(=O)CNC(=O)[C@@H](NC(=O)[C@H](Cc1ccc(O)cc1)NC(=O)[C@H](CC(=O)O)NC(=O)[C@H](CCC(N)=O)NC(=O)[C@@H]1CCC(=O)N1)[C@@H](C)O)C(=O)N[C@@H](CC(=O)O)C(=O)N[C@@H](Cc1ccccc1)C(N)=O. The van der Waals surface area contributed by atoms with E-state index in [-0.39, 0.29) is 49.2 Å². The molecule has 1 aliphatic rings. The van der Waals surface area contributed by atoms with Gasteiger partial charge in [-0.3, -0.25) is 67.1 Å². The van der Waals surface area contributed by atoms with Gasteiger partial charge in [0.25, 0.3) is 0 Å². The molecule has 0 spiro atoms. The molecule has 1 aliphatic heterocycles. The Bertz CT molecular complexity index is 3270. The van der Waals surface area contributed by atoms with Crippen molar-refractivity contribution in [1.29, 1.82) is 0 Å². The first-order valence-electron chi connectivity index (χ1n) is 28.3. The Morgan fingerprint density at radius 3 is 1.68 bits per heavy atom. The molecular weight excluding hydrogens is 1200 g/mol. The van der Waals surface area contributed by atoms with Gasteiger partial charge in [0.2, 0.25) is 70.9 Å². The molecule has 0 aliphatic carbocycles. The number of aliphatic hydroxyl groups excluding tert-OH is 1. The molecule has 2 heterocycles. The smallest absolute Gasteiger partial charge is 0.305 e. The summed E-state index contributed by atoms with van der Waals surface area (Å²) in [5.74, 6) is -15.0. The van der Waals surface area contributed by atoms with Gasteiger partial charge in [0.1, 0.15) is 60.1 Å². The molecule has 1 fully saturated rings. The van der Waals surface area contributed by atoms with Crippen LogP contribution in [0.15, 0.2) is 85.1 Å². The van der Waals surface area contributed by atoms with Gasteiger partial charge in [-0.15, -0.1) is 0 Å². The summed E-state index contributed by atoms with van der Waals surface area (Å²) < 4.78 is 0. The number of thioether (sulfide) groups is 1. The fraction of sp³-hybridized carbons (Fsp3) is 0.414. The molecule has 4 aromatic rings. The molecule has 1 saturated heterocycles. The van der Waals surface area contributed by atoms with E-state index in [9.17, 15) is 87.5 Å². The van der Waals surface area contributed by atoms with E-state index < -0.39 is 182 Å². The molecule has 1 aromatic heterocycles. The van der Waals surface area contributed by atoms with Gasteiger partial charge in [-0.2, -0.15) is 11.8 Å². The van der Waals surface area contributed by atoms with Crippen molar-refractivity contribution in [2.75, 3.05) is 18.6 Å². The van der Waals surface area contributed by atoms with E-state index in [0.29, 0.717) is 22.0 Å². The van der Waals surface area contributed by atoms with Crippen LogP contribution in [0.5, 0.6) is 5.75 Å². The van der Waals surface area contributed by atoms with Gasteiger partial charge in [0.15, 0.2) is 0 Å². The van der Waals surface area contributed by atoms with Gasteiger partial charge in [0.05, 0.1) is 25.5 Å². The van der Waals surface area contributed by atoms with Crippen LogP contribution in [-0.4, -0.2) is 187 Å². The van der Waals surface area contributed by atoms with E-state index in [4.69, 9.17) is 11.5 Å². The van der Waals surface area contributed by atoms with Crippen molar-refractivity contribution >= 4 is 105 Å². The van der Waals surface area contributed by atoms with Crippen LogP contribution in [0.3, 0.4) is 0 Å². The lowest BCUT2D eigenvalue weighted by Crippen LogP contribution is -2.61. The highest BCUT2D eigenvalue weighted by Crippen LogP contribution is 2.20. The second kappa shape index (κ2) is 34.4. The summed E-state index contributed by atoms with van der Waals surface area (Å²) in [7, 11) is 0. The van der Waals surface area contributed by atoms with Crippen LogP contribution < -0.4 is 64.6 Å². The summed E-state index contributed by atoms with van der Waals surface area (Å²) in [6.45, 7) is 0.172. The number of nitrogens with one attached hydrogen (secondary N) is 11. The molecule has 0 bridgehead atoms. The standard InChI is InChI=1S/C58H73N13O18S/c1-29(72)49(71-57(88)40(23-31-12-14-33(73)15-13-31)68-56(87)43(26-48(79)80)69-52(83)37(16-18-44(59)74)65-51(82)36-17-19-45(75)63-36)58(89)62-28-46(76)64-41(24-32-27-61-35-11-7-6-10-34(32)35)54(85)66-38(20-21-90-2)53(84)70-42(25-47(77)78)55(86)67-39(50(60)81)22-30-8-4-3-5-9-30/h3-15,27,29,36-43,49,61,72-73H,16-26,28H2,1-2H3,(H2,59,74)(H2,60,81)(H,62,89)(H,63,75)(H,64,76)(H,65,82)(H,66,85)(H,67,86)(H,68,87)(H,69,83)(H,70,84)(H,71,88)(H,77,78)(H,79,80)/t29-,36+,37+,38+,39+,40+,41+,42+,43+,49+/m1/s1. The molecule has 0 saturated carbocycles. The number of aromatic nitrogens is 1. The molecular formula is C58H73N13O18S. The molecule has 90 heavy (non-hydrogen) atoms. The van der Waals surface area contributed by atoms with Gasteiger partial charge >= 0.3 is 11.9 Å². The number of carbonyl (C=O) groups is 14. The molecule has 0 unspecified atom stereocenters. The first-order valence-corrected chi connectivity index (χ1v) is 29.6. The zero-order valence-corrected chi connectivity index (χ0v) is 49.7. The number of benzene rings is 3. The minimum Gasteiger partial charge on any atom is -0.508 e. The molecule has 5 rings (SSSR count). The van der Waals surface area contributed by atoms with Crippen LogP contribution >= 0.6 is 11.8 Å². The normalized spacial score (nSPS) is 15.6. The Hall–Kier alpha value is -10.1. The number of nitrogens with two attached hydrogens (primary N) is 2. The predicted molar refractivity (Wildman–Crippen MR) is 320 cm³/mol. The van der Waals surface area contributed by atoms with Crippen molar-refractivity contribution in [1.82, 2.24) is 58.2 Å². The maximum atomic E-state index is 14.4. The number of rotatable bonds is 36. The summed E-state index contributed by atoms with van der Waals surface area (Å²) in [6.07, 6.45) is -2.14. The number of carbonyl (C=O) groups excluding carboxylic acids is 12. The summed E-state index contributed by atoms with van der Waals surface area (Å²) in [6, 6.07) is 6.22. The lowest BCUT2D eigenvalue weighted by molar-refractivity contribution is -0.142. The Kier molecular flexibility index (Phi) is 27.0. The van der Waals surface area contributed by atoms with Gasteiger partial charge in [0, 0.05) is 49.2 Å². The number of fused-ring (bicyclic) bond motifs is 1. The predicted octanol–water partition coefficient (Wildman–Crippen LogP) is -3.99. The van der Waals surface area contributed by atoms with Crippen LogP contribution in [0.2, 0.25) is 0 Å². The summed E-state index contributed by atoms with van der Waals surface area (Å²) in [5.41, 5.74) is 12.9. The Labute approximate surface area is 518 Å². The highest BCUT2D eigenvalue weighted by Gasteiger charge is 2.37. The van der Waals surface area contributed by atoms with E-state index >= 15 is 0 Å². The zero-order valence-electron chi connectivity index (χ0n) is 48.9. The number of carboxylic acid groups (broad SMARTS) is 2. The topological polar surface area (TPSA) is 508 Å². The lowest BCUT2D eigenvalue weighted by Gasteiger charge is -2.27. The minimum absolute atomic E-state index is 0.00683. The van der Waals surface area contributed by atoms with Gasteiger partial charge < -0.3 is 90.0 Å². The minimum atomic E-state index is -1.98. The van der Waals surface area contributed by atoms with Crippen molar-refractivity contribution in [3.63, 3.8) is 0 Å². The molecule has 19 N–H and O–H groups in total. The lowest BCUT2D eigenvalue weighted by atomic mass is 10.0. The summed E-state index contributed by atoms with van der Waals surface area (Å²) >= 11 is 1.28. The number of hydrogen-bond donors (Lipinski definition) is 17. The number of aromatic hydroxyl groups is 1. The number of aliphatic hydroxyl groups is 1. The van der Waals surface area contributed by atoms with Gasteiger partial charge in [-0.25, -0.2) is 0 Å². The summed E-state index contributed by atoms with van der Waals surface area (Å²) in [4.78, 5) is 188. The van der Waals surface area contributed by atoms with Crippen LogP contribution in [0, 0.1) is 0 Å². The van der Waals surface area contributed by atoms with Crippen molar-refractivity contribution < 1.29 is 87.5 Å². The maximum Gasteiger partial charge on any atom is 0.305 e. The van der Waals surface area contributed by atoms with Crippen LogP contribution in [0.25, 0.3) is 10.9 Å². The molecule has 31 nitrogen and oxygen atoms in total. The molecule has 0 radical (unpaired) electrons. The average Bonchev–Trinajstić information content (AvgIpc) is 2.89. The molecule has 32 heteroatoms. The number of carboxylic acids is 2. The number of phenols is 1. The van der Waals surface area contributed by atoms with E-state index in [1.807, 2.05) is 0 Å². The van der Waals surface area contributed by atoms with Gasteiger partial charge in [-0.05, 0) is 73.1 Å². The fourth-order valence-electron chi connectivity index (χ4n) is 9.33. The second-order valence-corrected chi connectivity index (χ2v) is 22.1. The number of aliphatic carboxylic acids is 2. The fourth-order valence-corrected chi connectivity index (χ4v) is 9.80. The van der Waals surface area contributed by atoms with Crippen molar-refractivity contribution in [2.45, 2.75) is 132 Å². The van der Waals surface area contributed by atoms with Crippen molar-refractivity contribution in [3.05, 3.63) is 102 Å². The Morgan fingerprint density at radius 1 is 0.600 bits per heavy atom. The molecule has 10 atom stereocenters. The monoisotopic (exact) mass is 1270 g/mol. The third-order valence-electron chi connectivity index (χ3n) is 14.1.